The molecule has 1 saturated heterocycles. The lowest BCUT2D eigenvalue weighted by atomic mass is 9.84. The number of nitrogens with zero attached hydrogens (tertiary/aromatic N) is 2. The van der Waals surface area contributed by atoms with Crippen molar-refractivity contribution in [2.24, 2.45) is 11.1 Å². The smallest absolute Gasteiger partial charge is 0.315 e. The van der Waals surface area contributed by atoms with Gasteiger partial charge in [0.05, 0.1) is 11.7 Å². The Bertz CT molecular complexity index is 650. The van der Waals surface area contributed by atoms with Gasteiger partial charge in [-0.3, -0.25) is 4.79 Å². The average Bonchev–Trinajstić information content (AvgIpc) is 2.81. The molecule has 7 nitrogen and oxygen atoms in total. The monoisotopic (exact) mass is 360 g/mol. The van der Waals surface area contributed by atoms with E-state index in [2.05, 4.69) is 19.2 Å². The highest BCUT2D eigenvalue weighted by Crippen LogP contribution is 2.29. The zero-order valence-corrected chi connectivity index (χ0v) is 15.5. The van der Waals surface area contributed by atoms with Crippen LogP contribution in [-0.4, -0.2) is 60.6 Å². The maximum absolute atomic E-state index is 12.8. The van der Waals surface area contributed by atoms with Crippen molar-refractivity contribution in [3.8, 4) is 5.75 Å². The van der Waals surface area contributed by atoms with Gasteiger partial charge < -0.3 is 25.6 Å². The Labute approximate surface area is 154 Å². The standard InChI is InChI=1S/C19H28N4O3/c1-19(2)8-5-9-22(13-19)17(24)11-23(18(20)25)14-10-21-15-6-3-4-7-16(15)26-12-14/h3-4,6-7,14,21H,5,8-13H2,1-2H3,(H2,20,25). The SMILES string of the molecule is CC1(C)CCCN(C(=O)CN(C(N)=O)C2CNc3ccccc3OC2)C1. The lowest BCUT2D eigenvalue weighted by Crippen LogP contribution is -2.54. The normalized spacial score (nSPS) is 21.6. The number of amides is 3. The van der Waals surface area contributed by atoms with Crippen molar-refractivity contribution < 1.29 is 14.3 Å². The zero-order valence-electron chi connectivity index (χ0n) is 15.5. The Balaban J connectivity index is 1.66. The first-order valence-corrected chi connectivity index (χ1v) is 9.15. The van der Waals surface area contributed by atoms with Gasteiger partial charge in [-0.2, -0.15) is 0 Å². The molecule has 0 saturated carbocycles. The van der Waals surface area contributed by atoms with E-state index in [1.807, 2.05) is 29.2 Å². The number of ether oxygens (including phenoxy) is 1. The Hall–Kier alpha value is -2.44. The molecule has 2 aliphatic rings. The predicted octanol–water partition coefficient (Wildman–Crippen LogP) is 1.89. The molecule has 26 heavy (non-hydrogen) atoms. The summed E-state index contributed by atoms with van der Waals surface area (Å²) in [5.41, 5.74) is 6.58. The third-order valence-corrected chi connectivity index (χ3v) is 5.13. The molecule has 2 aliphatic heterocycles. The lowest BCUT2D eigenvalue weighted by molar-refractivity contribution is -0.135. The summed E-state index contributed by atoms with van der Waals surface area (Å²) < 4.78 is 5.82. The van der Waals surface area contributed by atoms with Crippen molar-refractivity contribution in [1.82, 2.24) is 9.80 Å². The van der Waals surface area contributed by atoms with Gasteiger partial charge in [-0.25, -0.2) is 4.79 Å². The van der Waals surface area contributed by atoms with Gasteiger partial charge in [0.1, 0.15) is 18.9 Å². The minimum atomic E-state index is -0.601. The van der Waals surface area contributed by atoms with Crippen LogP contribution in [0.15, 0.2) is 24.3 Å². The summed E-state index contributed by atoms with van der Waals surface area (Å²) in [5, 5.41) is 3.28. The molecule has 0 bridgehead atoms. The van der Waals surface area contributed by atoms with E-state index in [0.29, 0.717) is 19.7 Å². The summed E-state index contributed by atoms with van der Waals surface area (Å²) in [7, 11) is 0. The first kappa shape index (κ1) is 18.4. The van der Waals surface area contributed by atoms with E-state index < -0.39 is 6.03 Å². The van der Waals surface area contributed by atoms with Gasteiger partial charge in [0.15, 0.2) is 0 Å². The number of nitrogens with two attached hydrogens (primary N) is 1. The Morgan fingerprint density at radius 1 is 1.38 bits per heavy atom. The van der Waals surface area contributed by atoms with Crippen molar-refractivity contribution in [2.45, 2.75) is 32.7 Å². The van der Waals surface area contributed by atoms with Crippen LogP contribution >= 0.6 is 0 Å². The minimum absolute atomic E-state index is 0.0164. The number of primary amides is 1. The number of hydrogen-bond donors (Lipinski definition) is 2. The lowest BCUT2D eigenvalue weighted by Gasteiger charge is -2.39. The second-order valence-electron chi connectivity index (χ2n) is 7.89. The van der Waals surface area contributed by atoms with Crippen molar-refractivity contribution in [3.63, 3.8) is 0 Å². The largest absolute Gasteiger partial charge is 0.489 e. The molecule has 3 amide bonds. The summed E-state index contributed by atoms with van der Waals surface area (Å²) in [5.74, 6) is 0.682. The molecule has 0 aromatic heterocycles. The molecule has 1 aromatic rings. The van der Waals surface area contributed by atoms with Crippen molar-refractivity contribution in [1.29, 1.82) is 0 Å². The van der Waals surface area contributed by atoms with Crippen LogP contribution < -0.4 is 15.8 Å². The second kappa shape index (κ2) is 7.43. The summed E-state index contributed by atoms with van der Waals surface area (Å²) in [4.78, 5) is 28.1. The van der Waals surface area contributed by atoms with E-state index in [4.69, 9.17) is 10.5 Å². The second-order valence-corrected chi connectivity index (χ2v) is 7.89. The highest BCUT2D eigenvalue weighted by molar-refractivity contribution is 5.84. The molecule has 142 valence electrons. The Morgan fingerprint density at radius 2 is 2.15 bits per heavy atom. The summed E-state index contributed by atoms with van der Waals surface area (Å²) >= 11 is 0. The molecular weight excluding hydrogens is 332 g/mol. The van der Waals surface area contributed by atoms with Crippen molar-refractivity contribution in [2.75, 3.05) is 38.1 Å². The number of rotatable bonds is 3. The van der Waals surface area contributed by atoms with Crippen LogP contribution in [0, 0.1) is 5.41 Å². The number of urea groups is 1. The first-order valence-electron chi connectivity index (χ1n) is 9.15. The molecule has 3 N–H and O–H groups in total. The van der Waals surface area contributed by atoms with Crippen LogP contribution in [0.3, 0.4) is 0 Å². The van der Waals surface area contributed by atoms with Gasteiger partial charge >= 0.3 is 6.03 Å². The molecule has 0 aliphatic carbocycles. The van der Waals surface area contributed by atoms with E-state index in [9.17, 15) is 9.59 Å². The maximum Gasteiger partial charge on any atom is 0.315 e. The topological polar surface area (TPSA) is 87.9 Å². The van der Waals surface area contributed by atoms with Crippen LogP contribution in [0.4, 0.5) is 10.5 Å². The van der Waals surface area contributed by atoms with Crippen LogP contribution in [0.1, 0.15) is 26.7 Å². The van der Waals surface area contributed by atoms with E-state index in [0.717, 1.165) is 30.8 Å². The molecule has 1 unspecified atom stereocenters. The highest BCUT2D eigenvalue weighted by atomic mass is 16.5. The predicted molar refractivity (Wildman–Crippen MR) is 100 cm³/mol. The molecule has 0 spiro atoms. The summed E-state index contributed by atoms with van der Waals surface area (Å²) in [6.45, 7) is 6.54. The summed E-state index contributed by atoms with van der Waals surface area (Å²) in [6.07, 6.45) is 2.09. The maximum atomic E-state index is 12.8. The first-order chi connectivity index (χ1) is 12.4. The van der Waals surface area contributed by atoms with Crippen molar-refractivity contribution >= 4 is 17.6 Å². The number of fused-ring (bicyclic) bond motifs is 1. The molecule has 0 radical (unpaired) electrons. The zero-order chi connectivity index (χ0) is 18.7. The quantitative estimate of drug-likeness (QED) is 0.862. The van der Waals surface area contributed by atoms with Crippen LogP contribution in [0.25, 0.3) is 0 Å². The number of carbonyl (C=O) groups is 2. The van der Waals surface area contributed by atoms with Crippen LogP contribution in [-0.2, 0) is 4.79 Å². The van der Waals surface area contributed by atoms with Gasteiger partial charge in [0.25, 0.3) is 0 Å². The molecular formula is C19H28N4O3. The molecule has 2 heterocycles. The van der Waals surface area contributed by atoms with E-state index in [-0.39, 0.29) is 23.9 Å². The number of likely N-dealkylation sites (tertiary alicyclic amines) is 1. The van der Waals surface area contributed by atoms with E-state index >= 15 is 0 Å². The van der Waals surface area contributed by atoms with Gasteiger partial charge in [-0.05, 0) is 30.4 Å². The number of hydrogen-bond acceptors (Lipinski definition) is 4. The number of anilines is 1. The Morgan fingerprint density at radius 3 is 2.88 bits per heavy atom. The number of benzene rings is 1. The molecule has 1 fully saturated rings. The Kier molecular flexibility index (Phi) is 5.25. The van der Waals surface area contributed by atoms with Gasteiger partial charge in [0.2, 0.25) is 5.91 Å². The number of nitrogens with one attached hydrogen (secondary N) is 1. The highest BCUT2D eigenvalue weighted by Gasteiger charge is 2.32. The van der Waals surface area contributed by atoms with Crippen molar-refractivity contribution in [3.05, 3.63) is 24.3 Å². The van der Waals surface area contributed by atoms with Crippen LogP contribution in [0.5, 0.6) is 5.75 Å². The molecule has 3 rings (SSSR count). The van der Waals surface area contributed by atoms with Crippen LogP contribution in [0.2, 0.25) is 0 Å². The number of piperidine rings is 1. The van der Waals surface area contributed by atoms with Gasteiger partial charge in [0, 0.05) is 19.6 Å². The fourth-order valence-electron chi connectivity index (χ4n) is 3.68. The molecule has 1 atom stereocenters. The van der Waals surface area contributed by atoms with Gasteiger partial charge in [-0.15, -0.1) is 0 Å². The van der Waals surface area contributed by atoms with E-state index in [1.54, 1.807) is 0 Å². The number of para-hydroxylation sites is 2. The third kappa shape index (κ3) is 4.20. The number of carbonyl (C=O) groups excluding carboxylic acids is 2. The molecule has 7 heteroatoms. The van der Waals surface area contributed by atoms with E-state index in [1.165, 1.54) is 4.90 Å². The fraction of sp³-hybridized carbons (Fsp3) is 0.579. The summed E-state index contributed by atoms with van der Waals surface area (Å²) in [6, 6.07) is 6.71. The third-order valence-electron chi connectivity index (χ3n) is 5.13. The minimum Gasteiger partial charge on any atom is -0.489 e. The average molecular weight is 360 g/mol. The van der Waals surface area contributed by atoms with Gasteiger partial charge in [-0.1, -0.05) is 26.0 Å². The fourth-order valence-corrected chi connectivity index (χ4v) is 3.68. The molecule has 1 aromatic carbocycles.